The van der Waals surface area contributed by atoms with Crippen molar-refractivity contribution in [2.24, 2.45) is 0 Å². The highest BCUT2D eigenvalue weighted by atomic mass is 16.7. The molecule has 14 heteroatoms. The number of anilines is 1. The molecular weight excluding hydrogens is 466 g/mol. The molecule has 194 valence electrons. The van der Waals surface area contributed by atoms with Crippen LogP contribution in [0.5, 0.6) is 0 Å². The maximum absolute atomic E-state index is 11.2. The number of nitrogens with two attached hydrogens (primary N) is 1. The first kappa shape index (κ1) is 30.9. The molecule has 2 aromatic rings. The van der Waals surface area contributed by atoms with Crippen LogP contribution in [0, 0.1) is 11.8 Å². The molecule has 3 heterocycles. The van der Waals surface area contributed by atoms with Crippen LogP contribution >= 0.6 is 0 Å². The minimum absolute atomic E-state index is 0.0600. The molecule has 0 saturated carbocycles. The zero-order chi connectivity index (χ0) is 26.8. The van der Waals surface area contributed by atoms with Gasteiger partial charge in [0, 0.05) is 13.0 Å². The molecule has 0 aromatic carbocycles. The van der Waals surface area contributed by atoms with E-state index >= 15 is 0 Å². The SMILES string of the molecule is C#N.CCC(=O)OCC1CCC(c2ccc3c(N)ncnn23)O1.CCOC(=O)O.CCOC(=O)O. The van der Waals surface area contributed by atoms with Crippen molar-refractivity contribution in [3.8, 4) is 6.57 Å². The van der Waals surface area contributed by atoms with Crippen LogP contribution < -0.4 is 5.73 Å². The monoisotopic (exact) mass is 497 g/mol. The van der Waals surface area contributed by atoms with Gasteiger partial charge in [-0.25, -0.2) is 24.4 Å². The fourth-order valence-electron chi connectivity index (χ4n) is 2.80. The lowest BCUT2D eigenvalue weighted by atomic mass is 10.1. The van der Waals surface area contributed by atoms with Crippen molar-refractivity contribution in [3.05, 3.63) is 24.2 Å². The highest BCUT2D eigenvalue weighted by Crippen LogP contribution is 2.33. The number of fused-ring (bicyclic) bond motifs is 1. The van der Waals surface area contributed by atoms with Gasteiger partial charge in [0.15, 0.2) is 5.82 Å². The topological polar surface area (TPSA) is 209 Å². The molecule has 2 unspecified atom stereocenters. The Hall–Kier alpha value is -4.12. The lowest BCUT2D eigenvalue weighted by Gasteiger charge is -2.13. The molecule has 35 heavy (non-hydrogen) atoms. The Kier molecular flexibility index (Phi) is 15.3. The Morgan fingerprint density at radius 1 is 1.11 bits per heavy atom. The second kappa shape index (κ2) is 17.4. The van der Waals surface area contributed by atoms with Crippen LogP contribution in [0.2, 0.25) is 0 Å². The Balaban J connectivity index is 0.000000686. The van der Waals surface area contributed by atoms with Gasteiger partial charge in [0.1, 0.15) is 24.6 Å². The number of carboxylic acid groups (broad SMARTS) is 2. The summed E-state index contributed by atoms with van der Waals surface area (Å²) in [6.07, 6.45) is 0.994. The van der Waals surface area contributed by atoms with E-state index in [9.17, 15) is 14.4 Å². The van der Waals surface area contributed by atoms with Crippen LogP contribution in [0.3, 0.4) is 0 Å². The van der Waals surface area contributed by atoms with Crippen LogP contribution in [-0.2, 0) is 23.7 Å². The molecule has 1 aliphatic rings. The number of carbonyl (C=O) groups excluding carboxylic acids is 1. The lowest BCUT2D eigenvalue weighted by molar-refractivity contribution is -0.147. The normalized spacial score (nSPS) is 15.7. The third-order valence-electron chi connectivity index (χ3n) is 4.20. The minimum Gasteiger partial charge on any atom is -0.463 e. The first-order valence-corrected chi connectivity index (χ1v) is 10.6. The van der Waals surface area contributed by atoms with E-state index in [0.29, 0.717) is 18.8 Å². The number of hydrogen-bond donors (Lipinski definition) is 3. The lowest BCUT2D eigenvalue weighted by Crippen LogP contribution is -2.18. The molecule has 0 amide bonds. The number of hydrogen-bond acceptors (Lipinski definition) is 11. The largest absolute Gasteiger partial charge is 0.505 e. The Bertz CT molecular complexity index is 932. The molecule has 0 aliphatic carbocycles. The van der Waals surface area contributed by atoms with Gasteiger partial charge in [-0.3, -0.25) is 4.79 Å². The van der Waals surface area contributed by atoms with Crippen LogP contribution in [0.1, 0.15) is 51.8 Å². The second-order valence-electron chi connectivity index (χ2n) is 6.46. The molecular formula is C21H31N5O9. The molecule has 4 N–H and O–H groups in total. The average molecular weight is 498 g/mol. The first-order valence-electron chi connectivity index (χ1n) is 10.6. The standard InChI is InChI=1S/C14H18N4O3.2C3H6O3.CHN/c1-2-13(19)20-7-9-3-6-12(21-9)10-4-5-11-14(15)16-8-17-18(10)11;2*1-2-6-3(4)5;1-2/h4-5,8-9,12H,2-3,6-7H2,1H3,(H2,15,16,17);2*2H2,1H3,(H,4,5);1H. The number of aromatic nitrogens is 3. The van der Waals surface area contributed by atoms with Crippen molar-refractivity contribution in [1.82, 2.24) is 14.6 Å². The first-order chi connectivity index (χ1) is 16.7. The van der Waals surface area contributed by atoms with Gasteiger partial charge in [-0.05, 0) is 38.8 Å². The van der Waals surface area contributed by atoms with E-state index in [4.69, 9.17) is 30.7 Å². The van der Waals surface area contributed by atoms with E-state index in [2.05, 4.69) is 26.1 Å². The summed E-state index contributed by atoms with van der Waals surface area (Å²) in [5.41, 5.74) is 7.54. The summed E-state index contributed by atoms with van der Waals surface area (Å²) in [4.78, 5) is 33.9. The van der Waals surface area contributed by atoms with Gasteiger partial charge >= 0.3 is 18.3 Å². The van der Waals surface area contributed by atoms with Gasteiger partial charge < -0.3 is 34.9 Å². The zero-order valence-electron chi connectivity index (χ0n) is 19.8. The molecule has 0 radical (unpaired) electrons. The predicted molar refractivity (Wildman–Crippen MR) is 121 cm³/mol. The smallest absolute Gasteiger partial charge is 0.463 e. The summed E-state index contributed by atoms with van der Waals surface area (Å²) >= 11 is 0. The van der Waals surface area contributed by atoms with Gasteiger partial charge in [0.2, 0.25) is 0 Å². The number of nitriles is 1. The van der Waals surface area contributed by atoms with Crippen LogP contribution in [-0.4, -0.2) is 69.0 Å². The summed E-state index contributed by atoms with van der Waals surface area (Å²) in [5, 5.41) is 26.1. The molecule has 1 fully saturated rings. The van der Waals surface area contributed by atoms with Crippen molar-refractivity contribution >= 4 is 29.6 Å². The highest BCUT2D eigenvalue weighted by molar-refractivity contribution is 5.68. The van der Waals surface area contributed by atoms with Gasteiger partial charge in [-0.2, -0.15) is 5.10 Å². The maximum atomic E-state index is 11.2. The number of carbonyl (C=O) groups is 3. The van der Waals surface area contributed by atoms with E-state index in [1.165, 1.54) is 6.33 Å². The maximum Gasteiger partial charge on any atom is 0.505 e. The molecule has 2 aromatic heterocycles. The van der Waals surface area contributed by atoms with Crippen LogP contribution in [0.4, 0.5) is 15.4 Å². The van der Waals surface area contributed by atoms with Gasteiger partial charge in [-0.15, -0.1) is 0 Å². The molecule has 1 aliphatic heterocycles. The molecule has 2 atom stereocenters. The van der Waals surface area contributed by atoms with E-state index in [1.54, 1.807) is 25.3 Å². The van der Waals surface area contributed by atoms with Gasteiger partial charge in [0.25, 0.3) is 0 Å². The van der Waals surface area contributed by atoms with E-state index in [1.807, 2.05) is 12.1 Å². The van der Waals surface area contributed by atoms with Crippen molar-refractivity contribution in [2.75, 3.05) is 25.6 Å². The quantitative estimate of drug-likeness (QED) is 0.387. The molecule has 1 saturated heterocycles. The van der Waals surface area contributed by atoms with Crippen molar-refractivity contribution < 1.29 is 43.5 Å². The summed E-state index contributed by atoms with van der Waals surface area (Å²) < 4.78 is 20.8. The number of rotatable bonds is 6. The van der Waals surface area contributed by atoms with Gasteiger partial charge in [-0.1, -0.05) is 6.92 Å². The second-order valence-corrected chi connectivity index (χ2v) is 6.46. The fourth-order valence-corrected chi connectivity index (χ4v) is 2.80. The zero-order valence-corrected chi connectivity index (χ0v) is 19.8. The van der Waals surface area contributed by atoms with Crippen molar-refractivity contribution in [2.45, 2.75) is 52.2 Å². The number of nitrogen functional groups attached to an aromatic ring is 1. The highest BCUT2D eigenvalue weighted by Gasteiger charge is 2.29. The molecule has 14 nitrogen and oxygen atoms in total. The molecule has 0 spiro atoms. The Morgan fingerprint density at radius 3 is 2.20 bits per heavy atom. The summed E-state index contributed by atoms with van der Waals surface area (Å²) in [5.74, 6) is 0.248. The van der Waals surface area contributed by atoms with Crippen molar-refractivity contribution in [1.29, 1.82) is 5.26 Å². The molecule has 0 bridgehead atoms. The van der Waals surface area contributed by atoms with Crippen molar-refractivity contribution in [3.63, 3.8) is 0 Å². The van der Waals surface area contributed by atoms with E-state index in [0.717, 1.165) is 24.1 Å². The van der Waals surface area contributed by atoms with Gasteiger partial charge in [0.05, 0.1) is 25.0 Å². The minimum atomic E-state index is -1.21. The summed E-state index contributed by atoms with van der Waals surface area (Å²) in [7, 11) is 0. The molecule has 3 rings (SSSR count). The Morgan fingerprint density at radius 2 is 1.71 bits per heavy atom. The summed E-state index contributed by atoms with van der Waals surface area (Å²) in [6.45, 7) is 9.29. The Labute approximate surface area is 202 Å². The predicted octanol–water partition coefficient (Wildman–Crippen LogP) is 3.03. The van der Waals surface area contributed by atoms with Crippen LogP contribution in [0.15, 0.2) is 18.5 Å². The fraction of sp³-hybridized carbons (Fsp3) is 0.524. The third-order valence-corrected chi connectivity index (χ3v) is 4.20. The third kappa shape index (κ3) is 11.5. The van der Waals surface area contributed by atoms with E-state index < -0.39 is 12.3 Å². The number of ether oxygens (including phenoxy) is 4. The van der Waals surface area contributed by atoms with Crippen LogP contribution in [0.25, 0.3) is 5.52 Å². The number of nitrogens with zero attached hydrogens (tertiary/aromatic N) is 4. The average Bonchev–Trinajstić information content (AvgIpc) is 3.47. The van der Waals surface area contributed by atoms with E-state index in [-0.39, 0.29) is 31.4 Å². The summed E-state index contributed by atoms with van der Waals surface area (Å²) in [6, 6.07) is 3.84. The number of esters is 1.